The number of aliphatic carboxylic acids is 1. The summed E-state index contributed by atoms with van der Waals surface area (Å²) in [5, 5.41) is 8.86. The number of unbranched alkanes of at least 4 members (excludes halogenated alkanes) is 14. The van der Waals surface area contributed by atoms with E-state index in [2.05, 4.69) is 54.8 Å². The Labute approximate surface area is 314 Å². The van der Waals surface area contributed by atoms with Crippen LogP contribution < -0.4 is 5.73 Å². The fraction of sp³-hybridized carbons (Fsp3) is 0.725. The molecule has 0 aliphatic carbocycles. The van der Waals surface area contributed by atoms with Crippen LogP contribution in [0.2, 0.25) is 0 Å². The molecule has 0 amide bonds. The number of carbonyl (C=O) groups is 3. The molecular formula is C40H70NO10P. The summed E-state index contributed by atoms with van der Waals surface area (Å²) >= 11 is 0. The van der Waals surface area contributed by atoms with E-state index in [0.29, 0.717) is 19.3 Å². The summed E-state index contributed by atoms with van der Waals surface area (Å²) in [7, 11) is -4.73. The van der Waals surface area contributed by atoms with Gasteiger partial charge in [-0.1, -0.05) is 127 Å². The molecule has 0 heterocycles. The van der Waals surface area contributed by atoms with Crippen LogP contribution in [0.4, 0.5) is 0 Å². The molecule has 0 aromatic rings. The van der Waals surface area contributed by atoms with Crippen LogP contribution in [0, 0.1) is 0 Å². The number of carboxylic acids is 1. The maximum absolute atomic E-state index is 12.5. The molecule has 4 N–H and O–H groups in total. The lowest BCUT2D eigenvalue weighted by molar-refractivity contribution is -0.161. The summed E-state index contributed by atoms with van der Waals surface area (Å²) in [5.74, 6) is -2.46. The molecule has 1 unspecified atom stereocenters. The molecule has 0 aromatic carbocycles. The molecule has 11 nitrogen and oxygen atoms in total. The molecule has 0 radical (unpaired) electrons. The Hall–Kier alpha value is -2.56. The number of rotatable bonds is 36. The highest BCUT2D eigenvalue weighted by Crippen LogP contribution is 2.43. The third kappa shape index (κ3) is 34.5. The highest BCUT2D eigenvalue weighted by Gasteiger charge is 2.28. The highest BCUT2D eigenvalue weighted by atomic mass is 31.2. The monoisotopic (exact) mass is 755 g/mol. The number of esters is 2. The maximum atomic E-state index is 12.5. The van der Waals surface area contributed by atoms with Crippen molar-refractivity contribution in [2.24, 2.45) is 5.73 Å². The topological polar surface area (TPSA) is 172 Å². The highest BCUT2D eigenvalue weighted by molar-refractivity contribution is 7.47. The van der Waals surface area contributed by atoms with Crippen LogP contribution in [0.15, 0.2) is 48.6 Å². The quantitative estimate of drug-likeness (QED) is 0.0241. The Morgan fingerprint density at radius 3 is 1.65 bits per heavy atom. The summed E-state index contributed by atoms with van der Waals surface area (Å²) in [6.07, 6.45) is 37.7. The molecule has 12 heteroatoms. The fourth-order valence-corrected chi connectivity index (χ4v) is 5.66. The van der Waals surface area contributed by atoms with E-state index in [-0.39, 0.29) is 19.4 Å². The predicted molar refractivity (Wildman–Crippen MR) is 208 cm³/mol. The SMILES string of the molecule is CCCC/C=C\CCCCCCCC(=O)OC[C@H](COP(=O)(O)OC[C@H](N)C(=O)O)OC(=O)CCC/C=C\C/C=C\C/C=C\CCCCCCCC. The second kappa shape index (κ2) is 35.5. The predicted octanol–water partition coefficient (Wildman–Crippen LogP) is 9.83. The minimum Gasteiger partial charge on any atom is -0.480 e. The number of phosphoric acid groups is 1. The molecule has 0 aromatic heterocycles. The first-order valence-corrected chi connectivity index (χ1v) is 21.2. The van der Waals surface area contributed by atoms with Gasteiger partial charge in [0.1, 0.15) is 12.6 Å². The van der Waals surface area contributed by atoms with Gasteiger partial charge in [-0.2, -0.15) is 0 Å². The number of carboxylic acid groups (broad SMARTS) is 1. The minimum absolute atomic E-state index is 0.0866. The zero-order chi connectivity index (χ0) is 38.5. The first-order chi connectivity index (χ1) is 25.1. The molecule has 0 fully saturated rings. The molecule has 0 rings (SSSR count). The van der Waals surface area contributed by atoms with Crippen molar-refractivity contribution in [1.82, 2.24) is 0 Å². The Kier molecular flexibility index (Phi) is 33.7. The summed E-state index contributed by atoms with van der Waals surface area (Å²) in [6.45, 7) is 2.67. The van der Waals surface area contributed by atoms with Crippen molar-refractivity contribution in [3.63, 3.8) is 0 Å². The van der Waals surface area contributed by atoms with Crippen molar-refractivity contribution >= 4 is 25.7 Å². The molecule has 0 saturated carbocycles. The number of hydrogen-bond acceptors (Lipinski definition) is 9. The fourth-order valence-electron chi connectivity index (χ4n) is 4.88. The van der Waals surface area contributed by atoms with E-state index in [1.807, 2.05) is 12.2 Å². The Balaban J connectivity index is 4.53. The van der Waals surface area contributed by atoms with E-state index in [0.717, 1.165) is 57.8 Å². The summed E-state index contributed by atoms with van der Waals surface area (Å²) in [6, 6.07) is -1.53. The number of hydrogen-bond donors (Lipinski definition) is 3. The van der Waals surface area contributed by atoms with Crippen LogP contribution >= 0.6 is 7.82 Å². The smallest absolute Gasteiger partial charge is 0.472 e. The van der Waals surface area contributed by atoms with Gasteiger partial charge in [-0.3, -0.25) is 23.4 Å². The molecule has 52 heavy (non-hydrogen) atoms. The molecule has 0 bridgehead atoms. The summed E-state index contributed by atoms with van der Waals surface area (Å²) in [5.41, 5.74) is 5.31. The molecule has 0 aliphatic heterocycles. The molecule has 3 atom stereocenters. The molecule has 300 valence electrons. The van der Waals surface area contributed by atoms with E-state index in [1.165, 1.54) is 51.4 Å². The number of allylic oxidation sites excluding steroid dienone is 8. The van der Waals surface area contributed by atoms with Crippen molar-refractivity contribution < 1.29 is 47.5 Å². The number of phosphoric ester groups is 1. The van der Waals surface area contributed by atoms with Crippen LogP contribution in [0.1, 0.15) is 155 Å². The number of nitrogens with two attached hydrogens (primary N) is 1. The van der Waals surface area contributed by atoms with Crippen LogP contribution in [-0.2, 0) is 37.5 Å². The lowest BCUT2D eigenvalue weighted by Gasteiger charge is -2.20. The van der Waals surface area contributed by atoms with E-state index < -0.39 is 51.1 Å². The van der Waals surface area contributed by atoms with Crippen molar-refractivity contribution in [3.8, 4) is 0 Å². The molecule has 0 aliphatic rings. The van der Waals surface area contributed by atoms with Gasteiger partial charge >= 0.3 is 25.7 Å². The first kappa shape index (κ1) is 49.4. The maximum Gasteiger partial charge on any atom is 0.472 e. The van der Waals surface area contributed by atoms with E-state index in [4.69, 9.17) is 24.8 Å². The third-order valence-electron chi connectivity index (χ3n) is 8.05. The minimum atomic E-state index is -4.73. The Morgan fingerprint density at radius 2 is 1.06 bits per heavy atom. The largest absolute Gasteiger partial charge is 0.480 e. The Morgan fingerprint density at radius 1 is 0.596 bits per heavy atom. The van der Waals surface area contributed by atoms with Gasteiger partial charge in [-0.25, -0.2) is 4.57 Å². The van der Waals surface area contributed by atoms with Crippen molar-refractivity contribution in [2.75, 3.05) is 19.8 Å². The molecule has 0 spiro atoms. The normalized spacial score (nSPS) is 14.4. The lowest BCUT2D eigenvalue weighted by atomic mass is 10.1. The van der Waals surface area contributed by atoms with Crippen molar-refractivity contribution in [1.29, 1.82) is 0 Å². The van der Waals surface area contributed by atoms with E-state index >= 15 is 0 Å². The summed E-state index contributed by atoms with van der Waals surface area (Å²) in [4.78, 5) is 45.7. The van der Waals surface area contributed by atoms with Gasteiger partial charge in [-0.15, -0.1) is 0 Å². The van der Waals surface area contributed by atoms with E-state index in [1.54, 1.807) is 0 Å². The third-order valence-corrected chi connectivity index (χ3v) is 9.00. The number of carbonyl (C=O) groups excluding carboxylic acids is 2. The first-order valence-electron chi connectivity index (χ1n) is 19.7. The van der Waals surface area contributed by atoms with Crippen LogP contribution in [0.5, 0.6) is 0 Å². The van der Waals surface area contributed by atoms with E-state index in [9.17, 15) is 23.8 Å². The van der Waals surface area contributed by atoms with Crippen LogP contribution in [-0.4, -0.2) is 59.9 Å². The van der Waals surface area contributed by atoms with Gasteiger partial charge in [0.25, 0.3) is 0 Å². The van der Waals surface area contributed by atoms with Gasteiger partial charge in [0.05, 0.1) is 13.2 Å². The second-order valence-electron chi connectivity index (χ2n) is 13.1. The standard InChI is InChI=1S/C40H70NO10P/c1-3-5-7-9-11-13-15-16-17-18-19-20-22-24-26-28-30-32-39(43)51-36(34-49-52(46,47)50-35-37(41)40(44)45)33-48-38(42)31-29-27-25-23-21-14-12-10-8-6-4-2/h10,12,16-17,19-20,24,26,36-37H,3-9,11,13-15,18,21-23,25,27-35,41H2,1-2H3,(H,44,45)(H,46,47)/b12-10-,17-16-,20-19-,26-24-/t36-,37+/m1/s1. The average Bonchev–Trinajstić information content (AvgIpc) is 3.12. The van der Waals surface area contributed by atoms with Gasteiger partial charge in [-0.05, 0) is 64.2 Å². The lowest BCUT2D eigenvalue weighted by Crippen LogP contribution is -2.34. The van der Waals surface area contributed by atoms with Crippen molar-refractivity contribution in [3.05, 3.63) is 48.6 Å². The zero-order valence-corrected chi connectivity index (χ0v) is 33.0. The Bertz CT molecular complexity index is 1070. The van der Waals surface area contributed by atoms with Crippen LogP contribution in [0.3, 0.4) is 0 Å². The number of ether oxygens (including phenoxy) is 2. The molecule has 0 saturated heterocycles. The zero-order valence-electron chi connectivity index (χ0n) is 32.1. The van der Waals surface area contributed by atoms with Gasteiger partial charge in [0, 0.05) is 12.8 Å². The van der Waals surface area contributed by atoms with Gasteiger partial charge < -0.3 is 25.2 Å². The van der Waals surface area contributed by atoms with Crippen molar-refractivity contribution in [2.45, 2.75) is 167 Å². The van der Waals surface area contributed by atoms with Gasteiger partial charge in [0.2, 0.25) is 0 Å². The van der Waals surface area contributed by atoms with Gasteiger partial charge in [0.15, 0.2) is 6.10 Å². The van der Waals surface area contributed by atoms with Crippen LogP contribution in [0.25, 0.3) is 0 Å². The second-order valence-corrected chi connectivity index (χ2v) is 14.5. The average molecular weight is 756 g/mol. The molecular weight excluding hydrogens is 685 g/mol. The summed E-state index contributed by atoms with van der Waals surface area (Å²) < 4.78 is 32.5.